The average Bonchev–Trinajstić information content (AvgIpc) is 3.46. The number of nitrogens with zero attached hydrogens (tertiary/aromatic N) is 5. The van der Waals surface area contributed by atoms with E-state index < -0.39 is 0 Å². The van der Waals surface area contributed by atoms with Crippen molar-refractivity contribution >= 4 is 22.2 Å². The molecule has 0 saturated carbocycles. The first-order chi connectivity index (χ1) is 16.6. The molecular formula is C27H25N7. The lowest BCUT2D eigenvalue weighted by Gasteiger charge is -2.24. The Balaban J connectivity index is 1.39. The van der Waals surface area contributed by atoms with E-state index in [4.69, 9.17) is 4.98 Å². The van der Waals surface area contributed by atoms with E-state index >= 15 is 0 Å². The number of aryl methyl sites for hydroxylation is 2. The van der Waals surface area contributed by atoms with E-state index in [0.29, 0.717) is 11.7 Å². The van der Waals surface area contributed by atoms with Gasteiger partial charge in [-0.15, -0.1) is 0 Å². The zero-order valence-electron chi connectivity index (χ0n) is 19.3. The van der Waals surface area contributed by atoms with Gasteiger partial charge in [0.15, 0.2) is 5.65 Å². The molecule has 0 aliphatic carbocycles. The van der Waals surface area contributed by atoms with E-state index in [9.17, 15) is 0 Å². The minimum Gasteiger partial charge on any atom is -0.344 e. The Morgan fingerprint density at radius 2 is 1.91 bits per heavy atom. The van der Waals surface area contributed by atoms with Crippen LogP contribution in [0.2, 0.25) is 0 Å². The molecule has 2 N–H and O–H groups in total. The summed E-state index contributed by atoms with van der Waals surface area (Å²) in [4.78, 5) is 21.7. The minimum absolute atomic E-state index is 0.430. The molecule has 1 aliphatic rings. The molecule has 7 heteroatoms. The highest BCUT2D eigenvalue weighted by molar-refractivity contribution is 5.93. The van der Waals surface area contributed by atoms with Crippen LogP contribution in [0.15, 0.2) is 49.1 Å². The van der Waals surface area contributed by atoms with Crippen molar-refractivity contribution in [3.8, 4) is 23.0 Å². The van der Waals surface area contributed by atoms with Crippen molar-refractivity contribution in [3.05, 3.63) is 71.7 Å². The van der Waals surface area contributed by atoms with Crippen molar-refractivity contribution in [2.75, 3.05) is 13.1 Å². The number of pyridine rings is 1. The summed E-state index contributed by atoms with van der Waals surface area (Å²) in [5.74, 6) is 6.37. The van der Waals surface area contributed by atoms with E-state index in [1.807, 2.05) is 38.5 Å². The summed E-state index contributed by atoms with van der Waals surface area (Å²) in [6.07, 6.45) is 8.01. The van der Waals surface area contributed by atoms with Crippen LogP contribution in [0, 0.1) is 25.7 Å². The van der Waals surface area contributed by atoms with Crippen LogP contribution in [0.4, 0.5) is 0 Å². The predicted molar refractivity (Wildman–Crippen MR) is 133 cm³/mol. The summed E-state index contributed by atoms with van der Waals surface area (Å²) in [7, 11) is 0. The number of nitrogens with one attached hydrogen (secondary N) is 2. The smallest absolute Gasteiger partial charge is 0.156 e. The molecule has 4 aromatic heterocycles. The summed E-state index contributed by atoms with van der Waals surface area (Å²) in [5.41, 5.74) is 9.30. The second-order valence-electron chi connectivity index (χ2n) is 8.90. The third-order valence-electron chi connectivity index (χ3n) is 6.35. The zero-order chi connectivity index (χ0) is 23.1. The second kappa shape index (κ2) is 8.40. The highest BCUT2D eigenvalue weighted by atomic mass is 15.1. The Morgan fingerprint density at radius 1 is 1.03 bits per heavy atom. The van der Waals surface area contributed by atoms with Gasteiger partial charge >= 0.3 is 0 Å². The Morgan fingerprint density at radius 3 is 2.74 bits per heavy atom. The molecule has 5 aromatic rings. The fourth-order valence-electron chi connectivity index (χ4n) is 4.77. The highest BCUT2D eigenvalue weighted by Crippen LogP contribution is 2.30. The van der Waals surface area contributed by atoms with Crippen LogP contribution in [0.5, 0.6) is 0 Å². The number of rotatable bonds is 2. The van der Waals surface area contributed by atoms with Gasteiger partial charge in [0.1, 0.15) is 11.2 Å². The molecule has 1 unspecified atom stereocenters. The van der Waals surface area contributed by atoms with Gasteiger partial charge in [0.2, 0.25) is 0 Å². The largest absolute Gasteiger partial charge is 0.344 e. The van der Waals surface area contributed by atoms with Gasteiger partial charge in [-0.2, -0.15) is 0 Å². The maximum absolute atomic E-state index is 4.84. The van der Waals surface area contributed by atoms with E-state index in [2.05, 4.69) is 59.9 Å². The summed E-state index contributed by atoms with van der Waals surface area (Å²) < 4.78 is 2.31. The number of hydrogen-bond donors (Lipinski definition) is 2. The molecule has 0 amide bonds. The quantitative estimate of drug-likeness (QED) is 0.394. The summed E-state index contributed by atoms with van der Waals surface area (Å²) >= 11 is 0. The van der Waals surface area contributed by atoms with Crippen molar-refractivity contribution in [3.63, 3.8) is 0 Å². The van der Waals surface area contributed by atoms with Crippen LogP contribution < -0.4 is 5.32 Å². The van der Waals surface area contributed by atoms with Gasteiger partial charge in [-0.3, -0.25) is 4.98 Å². The third-order valence-corrected chi connectivity index (χ3v) is 6.35. The molecule has 5 heterocycles. The van der Waals surface area contributed by atoms with Crippen molar-refractivity contribution in [1.29, 1.82) is 0 Å². The first kappa shape index (κ1) is 20.6. The van der Waals surface area contributed by atoms with Crippen LogP contribution in [-0.2, 0) is 0 Å². The normalized spacial score (nSPS) is 16.0. The van der Waals surface area contributed by atoms with Crippen LogP contribution in [-0.4, -0.2) is 42.6 Å². The van der Waals surface area contributed by atoms with Gasteiger partial charge in [0, 0.05) is 41.3 Å². The van der Waals surface area contributed by atoms with E-state index in [-0.39, 0.29) is 0 Å². The molecular weight excluding hydrogens is 422 g/mol. The molecule has 0 spiro atoms. The maximum Gasteiger partial charge on any atom is 0.156 e. The van der Waals surface area contributed by atoms with Crippen LogP contribution in [0.25, 0.3) is 33.3 Å². The number of piperidine rings is 1. The molecule has 1 aliphatic heterocycles. The second-order valence-corrected chi connectivity index (χ2v) is 8.90. The lowest BCUT2D eigenvalue weighted by atomic mass is 10.1. The van der Waals surface area contributed by atoms with Crippen molar-refractivity contribution < 1.29 is 0 Å². The van der Waals surface area contributed by atoms with E-state index in [1.54, 1.807) is 6.20 Å². The topological polar surface area (TPSA) is 84.3 Å². The first-order valence-corrected chi connectivity index (χ1v) is 11.6. The summed E-state index contributed by atoms with van der Waals surface area (Å²) in [6.45, 7) is 6.02. The zero-order valence-corrected chi connectivity index (χ0v) is 19.3. The molecule has 6 rings (SSSR count). The lowest BCUT2D eigenvalue weighted by molar-refractivity contribution is 0.378. The van der Waals surface area contributed by atoms with Gasteiger partial charge in [0.25, 0.3) is 0 Å². The van der Waals surface area contributed by atoms with Crippen molar-refractivity contribution in [2.45, 2.75) is 32.7 Å². The minimum atomic E-state index is 0.430. The molecule has 0 bridgehead atoms. The molecule has 1 saturated heterocycles. The first-order valence-electron chi connectivity index (χ1n) is 11.6. The number of imidazole rings is 1. The van der Waals surface area contributed by atoms with Gasteiger partial charge in [-0.1, -0.05) is 12.0 Å². The Kier molecular flexibility index (Phi) is 5.08. The number of H-pyrrole nitrogens is 1. The number of fused-ring (bicyclic) bond motifs is 2. The van der Waals surface area contributed by atoms with Gasteiger partial charge in [0.05, 0.1) is 23.6 Å². The van der Waals surface area contributed by atoms with Crippen molar-refractivity contribution in [2.24, 2.45) is 0 Å². The monoisotopic (exact) mass is 447 g/mol. The number of aromatic amines is 1. The van der Waals surface area contributed by atoms with Crippen LogP contribution in [0.3, 0.4) is 0 Å². The van der Waals surface area contributed by atoms with Crippen LogP contribution in [0.1, 0.15) is 41.5 Å². The number of hydrogen-bond acceptors (Lipinski definition) is 5. The summed E-state index contributed by atoms with van der Waals surface area (Å²) in [5, 5.41) is 3.50. The lowest BCUT2D eigenvalue weighted by Crippen LogP contribution is -2.31. The third kappa shape index (κ3) is 3.82. The van der Waals surface area contributed by atoms with E-state index in [1.165, 1.54) is 12.8 Å². The Hall–Kier alpha value is -4.02. The average molecular weight is 448 g/mol. The molecule has 34 heavy (non-hydrogen) atoms. The van der Waals surface area contributed by atoms with Gasteiger partial charge in [-0.25, -0.2) is 15.0 Å². The maximum atomic E-state index is 4.84. The standard InChI is InChI=1S/C27H25N7/c1-17-10-19(11-18(2)32-17)5-7-21-13-29-27-26(33-21)23(15-30-27)20-6-8-24-25(12-20)34(16-31-24)22-4-3-9-28-14-22/h6,8,10-13,15-16,22,28H,3-4,9,14H2,1-2H3,(H,29,30). The number of aromatic nitrogens is 6. The van der Waals surface area contributed by atoms with Crippen LogP contribution >= 0.6 is 0 Å². The fourth-order valence-corrected chi connectivity index (χ4v) is 4.77. The highest BCUT2D eigenvalue weighted by Gasteiger charge is 2.18. The van der Waals surface area contributed by atoms with Gasteiger partial charge in [-0.05, 0) is 69.0 Å². The summed E-state index contributed by atoms with van der Waals surface area (Å²) in [6, 6.07) is 10.8. The Bertz CT molecular complexity index is 1560. The number of benzene rings is 1. The predicted octanol–water partition coefficient (Wildman–Crippen LogP) is 4.31. The SMILES string of the molecule is Cc1cc(C#Cc2cnc3[nH]cc(-c4ccc5ncn(C6CCCNC6)c5c4)c3n2)cc(C)n1. The molecule has 0 radical (unpaired) electrons. The molecule has 1 atom stereocenters. The van der Waals surface area contributed by atoms with Gasteiger partial charge < -0.3 is 14.9 Å². The fraction of sp³-hybridized carbons (Fsp3) is 0.259. The molecule has 168 valence electrons. The molecule has 1 fully saturated rings. The molecule has 7 nitrogen and oxygen atoms in total. The van der Waals surface area contributed by atoms with E-state index in [0.717, 1.165) is 63.4 Å². The Labute approximate surface area is 197 Å². The van der Waals surface area contributed by atoms with Crippen molar-refractivity contribution in [1.82, 2.24) is 34.8 Å². The molecule has 1 aromatic carbocycles.